The average Bonchev–Trinajstić information content (AvgIpc) is 2.21. The van der Waals surface area contributed by atoms with Gasteiger partial charge in [0, 0.05) is 0 Å². The zero-order valence-corrected chi connectivity index (χ0v) is 10.4. The highest BCUT2D eigenvalue weighted by molar-refractivity contribution is 4.96. The van der Waals surface area contributed by atoms with Crippen LogP contribution in [0.1, 0.15) is 78.6 Å². The van der Waals surface area contributed by atoms with Gasteiger partial charge in [0.25, 0.3) is 0 Å². The number of unbranched alkanes of at least 4 members (excludes halogenated alkanes) is 7. The summed E-state index contributed by atoms with van der Waals surface area (Å²) in [6.45, 7) is 6.75. The summed E-state index contributed by atoms with van der Waals surface area (Å²) in [7, 11) is 0. The minimum Gasteiger partial charge on any atom is -0.0856 e. The second-order valence-electron chi connectivity index (χ2n) is 4.31. The first-order valence-corrected chi connectivity index (χ1v) is 6.46. The third-order valence-corrected chi connectivity index (χ3v) is 2.86. The second kappa shape index (κ2) is 10.8. The lowest BCUT2D eigenvalue weighted by Gasteiger charge is -1.99. The van der Waals surface area contributed by atoms with Gasteiger partial charge in [0.1, 0.15) is 0 Å². The van der Waals surface area contributed by atoms with Crippen molar-refractivity contribution in [1.29, 1.82) is 0 Å². The van der Waals surface area contributed by atoms with Gasteiger partial charge < -0.3 is 0 Å². The SMILES string of the molecule is CCCCCCCCCC=C(C)CC. The summed E-state index contributed by atoms with van der Waals surface area (Å²) in [5, 5.41) is 0. The molecule has 0 spiro atoms. The molecule has 0 heteroatoms. The molecule has 0 atom stereocenters. The fourth-order valence-electron chi connectivity index (χ4n) is 1.59. The van der Waals surface area contributed by atoms with Gasteiger partial charge in [-0.2, -0.15) is 0 Å². The highest BCUT2D eigenvalue weighted by Crippen LogP contribution is 2.10. The summed E-state index contributed by atoms with van der Waals surface area (Å²) >= 11 is 0. The van der Waals surface area contributed by atoms with Crippen molar-refractivity contribution in [1.82, 2.24) is 0 Å². The van der Waals surface area contributed by atoms with E-state index in [1.54, 1.807) is 5.57 Å². The molecule has 0 aliphatic heterocycles. The van der Waals surface area contributed by atoms with Crippen molar-refractivity contribution in [2.45, 2.75) is 78.6 Å². The van der Waals surface area contributed by atoms with Gasteiger partial charge in [0.05, 0.1) is 0 Å². The molecule has 0 aromatic rings. The monoisotopic (exact) mass is 196 g/mol. The van der Waals surface area contributed by atoms with Crippen molar-refractivity contribution >= 4 is 0 Å². The molecule has 0 rings (SSSR count). The van der Waals surface area contributed by atoms with Crippen LogP contribution in [0.2, 0.25) is 0 Å². The average molecular weight is 196 g/mol. The van der Waals surface area contributed by atoms with E-state index in [1.807, 2.05) is 0 Å². The van der Waals surface area contributed by atoms with E-state index >= 15 is 0 Å². The van der Waals surface area contributed by atoms with Crippen molar-refractivity contribution in [3.8, 4) is 0 Å². The van der Waals surface area contributed by atoms with Crippen LogP contribution < -0.4 is 0 Å². The maximum absolute atomic E-state index is 2.41. The smallest absolute Gasteiger partial charge is 0.0348 e. The van der Waals surface area contributed by atoms with E-state index in [4.69, 9.17) is 0 Å². The molecule has 0 nitrogen and oxygen atoms in total. The fraction of sp³-hybridized carbons (Fsp3) is 0.857. The Morgan fingerprint density at radius 2 is 1.43 bits per heavy atom. The molecule has 0 aromatic carbocycles. The Labute approximate surface area is 90.8 Å². The predicted molar refractivity (Wildman–Crippen MR) is 66.7 cm³/mol. The van der Waals surface area contributed by atoms with E-state index < -0.39 is 0 Å². The summed E-state index contributed by atoms with van der Waals surface area (Å²) in [4.78, 5) is 0. The number of hydrogen-bond acceptors (Lipinski definition) is 0. The Morgan fingerprint density at radius 3 is 2.00 bits per heavy atom. The van der Waals surface area contributed by atoms with Crippen molar-refractivity contribution in [3.05, 3.63) is 11.6 Å². The van der Waals surface area contributed by atoms with E-state index in [0.717, 1.165) is 0 Å². The molecule has 14 heavy (non-hydrogen) atoms. The fourth-order valence-corrected chi connectivity index (χ4v) is 1.59. The third-order valence-electron chi connectivity index (χ3n) is 2.86. The molecule has 0 radical (unpaired) electrons. The topological polar surface area (TPSA) is 0 Å². The number of allylic oxidation sites excluding steroid dienone is 2. The molecule has 0 N–H and O–H groups in total. The molecule has 0 saturated carbocycles. The normalized spacial score (nSPS) is 12.1. The molecule has 0 unspecified atom stereocenters. The van der Waals surface area contributed by atoms with Crippen LogP contribution in [0.4, 0.5) is 0 Å². The summed E-state index contributed by atoms with van der Waals surface area (Å²) in [6.07, 6.45) is 14.9. The standard InChI is InChI=1S/C14H28/c1-4-6-7-8-9-10-11-12-13-14(3)5-2/h13H,4-12H2,1-3H3. The van der Waals surface area contributed by atoms with Gasteiger partial charge in [-0.05, 0) is 26.2 Å². The molecular formula is C14H28. The van der Waals surface area contributed by atoms with Crippen LogP contribution in [0.3, 0.4) is 0 Å². The molecule has 0 saturated heterocycles. The minimum absolute atomic E-state index is 1.22. The zero-order valence-electron chi connectivity index (χ0n) is 10.4. The van der Waals surface area contributed by atoms with Crippen LogP contribution in [-0.2, 0) is 0 Å². The lowest BCUT2D eigenvalue weighted by Crippen LogP contribution is -1.79. The molecular weight excluding hydrogens is 168 g/mol. The maximum Gasteiger partial charge on any atom is -0.0348 e. The first kappa shape index (κ1) is 13.7. The summed E-state index contributed by atoms with van der Waals surface area (Å²) in [6, 6.07) is 0. The van der Waals surface area contributed by atoms with Crippen LogP contribution in [0.25, 0.3) is 0 Å². The maximum atomic E-state index is 2.41. The highest BCUT2D eigenvalue weighted by atomic mass is 14.0. The summed E-state index contributed by atoms with van der Waals surface area (Å²) in [5.74, 6) is 0. The quantitative estimate of drug-likeness (QED) is 0.338. The van der Waals surface area contributed by atoms with E-state index in [2.05, 4.69) is 26.8 Å². The Morgan fingerprint density at radius 1 is 0.857 bits per heavy atom. The Balaban J connectivity index is 3.06. The lowest BCUT2D eigenvalue weighted by atomic mass is 10.1. The van der Waals surface area contributed by atoms with Crippen LogP contribution in [0.5, 0.6) is 0 Å². The van der Waals surface area contributed by atoms with Gasteiger partial charge in [0.15, 0.2) is 0 Å². The van der Waals surface area contributed by atoms with E-state index in [9.17, 15) is 0 Å². The first-order chi connectivity index (χ1) is 6.81. The van der Waals surface area contributed by atoms with Gasteiger partial charge in [-0.25, -0.2) is 0 Å². The molecule has 0 aromatic heterocycles. The number of hydrogen-bond donors (Lipinski definition) is 0. The molecule has 0 heterocycles. The van der Waals surface area contributed by atoms with E-state index in [0.29, 0.717) is 0 Å². The third kappa shape index (κ3) is 9.83. The van der Waals surface area contributed by atoms with Gasteiger partial charge >= 0.3 is 0 Å². The van der Waals surface area contributed by atoms with Crippen molar-refractivity contribution in [2.24, 2.45) is 0 Å². The zero-order chi connectivity index (χ0) is 10.6. The summed E-state index contributed by atoms with van der Waals surface area (Å²) < 4.78 is 0. The van der Waals surface area contributed by atoms with Crippen LogP contribution >= 0.6 is 0 Å². The molecule has 0 aliphatic carbocycles. The van der Waals surface area contributed by atoms with Crippen molar-refractivity contribution in [3.63, 3.8) is 0 Å². The minimum atomic E-state index is 1.22. The largest absolute Gasteiger partial charge is 0.0856 e. The molecule has 0 aliphatic rings. The first-order valence-electron chi connectivity index (χ1n) is 6.46. The summed E-state index contributed by atoms with van der Waals surface area (Å²) in [5.41, 5.74) is 1.55. The molecule has 0 fully saturated rings. The molecule has 84 valence electrons. The van der Waals surface area contributed by atoms with Crippen LogP contribution in [0.15, 0.2) is 11.6 Å². The van der Waals surface area contributed by atoms with Gasteiger partial charge in [0.2, 0.25) is 0 Å². The van der Waals surface area contributed by atoms with Crippen molar-refractivity contribution < 1.29 is 0 Å². The van der Waals surface area contributed by atoms with Crippen LogP contribution in [-0.4, -0.2) is 0 Å². The highest BCUT2D eigenvalue weighted by Gasteiger charge is 1.90. The number of rotatable bonds is 9. The van der Waals surface area contributed by atoms with Gasteiger partial charge in [-0.3, -0.25) is 0 Å². The van der Waals surface area contributed by atoms with Gasteiger partial charge in [-0.15, -0.1) is 0 Å². The second-order valence-corrected chi connectivity index (χ2v) is 4.31. The van der Waals surface area contributed by atoms with E-state index in [-0.39, 0.29) is 0 Å². The molecule has 0 amide bonds. The van der Waals surface area contributed by atoms with Crippen molar-refractivity contribution in [2.75, 3.05) is 0 Å². The lowest BCUT2D eigenvalue weighted by molar-refractivity contribution is 0.591. The predicted octanol–water partition coefficient (Wildman–Crippen LogP) is 5.48. The van der Waals surface area contributed by atoms with Crippen LogP contribution in [0, 0.1) is 0 Å². The van der Waals surface area contributed by atoms with E-state index in [1.165, 1.54) is 57.8 Å². The molecule has 0 bridgehead atoms. The Bertz CT molecular complexity index is 133. The van der Waals surface area contributed by atoms with Gasteiger partial charge in [-0.1, -0.05) is 64.0 Å². The Hall–Kier alpha value is -0.260. The Kier molecular flexibility index (Phi) is 10.6.